The van der Waals surface area contributed by atoms with Crippen LogP contribution in [0.3, 0.4) is 0 Å². The predicted molar refractivity (Wildman–Crippen MR) is 149 cm³/mol. The van der Waals surface area contributed by atoms with Gasteiger partial charge in [0.05, 0.1) is 5.57 Å². The fraction of sp³-hybridized carbons (Fsp3) is 0.758. The van der Waals surface area contributed by atoms with Crippen molar-refractivity contribution in [1.29, 1.82) is 5.26 Å². The van der Waals surface area contributed by atoms with Gasteiger partial charge in [-0.3, -0.25) is 14.4 Å². The normalized spacial score (nSPS) is 42.4. The molecule has 0 saturated heterocycles. The van der Waals surface area contributed by atoms with Crippen LogP contribution >= 0.6 is 0 Å². The monoisotopic (exact) mass is 520 g/mol. The van der Waals surface area contributed by atoms with Crippen molar-refractivity contribution in [3.8, 4) is 6.07 Å². The molecule has 0 radical (unpaired) electrons. The van der Waals surface area contributed by atoms with E-state index < -0.39 is 10.8 Å². The number of nitriles is 1. The van der Waals surface area contributed by atoms with Gasteiger partial charge in [0.2, 0.25) is 6.41 Å². The quantitative estimate of drug-likeness (QED) is 0.408. The molecule has 7 atom stereocenters. The first-order chi connectivity index (χ1) is 17.7. The molecule has 0 aromatic rings. The predicted octanol–water partition coefficient (Wildman–Crippen LogP) is 6.72. The number of carbonyl (C=O) groups excluding carboxylic acids is 3. The van der Waals surface area contributed by atoms with Crippen molar-refractivity contribution in [2.24, 2.45) is 56.5 Å². The summed E-state index contributed by atoms with van der Waals surface area (Å²) in [5.41, 5.74) is 5.25. The number of Topliss-reactive ketones (excluding diaryl/α,β-unsaturated/α-hetero) is 1. The molecule has 5 aliphatic rings. The second-order valence-corrected chi connectivity index (χ2v) is 14.9. The number of hydrogen-bond acceptors (Lipinski definition) is 4. The zero-order chi connectivity index (χ0) is 28.3. The summed E-state index contributed by atoms with van der Waals surface area (Å²) in [7, 11) is 0. The topological polar surface area (TPSA) is 101 Å². The van der Waals surface area contributed by atoms with Crippen LogP contribution in [-0.2, 0) is 14.4 Å². The van der Waals surface area contributed by atoms with Crippen LogP contribution in [0, 0.1) is 62.1 Å². The van der Waals surface area contributed by atoms with Gasteiger partial charge in [-0.2, -0.15) is 5.26 Å². The average molecular weight is 521 g/mol. The molecule has 0 aromatic carbocycles. The van der Waals surface area contributed by atoms with Crippen LogP contribution in [0.2, 0.25) is 0 Å². The summed E-state index contributed by atoms with van der Waals surface area (Å²) in [6.45, 7) is 15.8. The molecule has 3 fully saturated rings. The van der Waals surface area contributed by atoms with Gasteiger partial charge in [-0.1, -0.05) is 66.5 Å². The lowest BCUT2D eigenvalue weighted by atomic mass is 9.38. The van der Waals surface area contributed by atoms with E-state index in [-0.39, 0.29) is 35.0 Å². The standard InChI is InChI=1S/C32H45NO2.CH3NO/c1-8-11-32-13-9-21-26(22(32)18-28(2,3)14-15-32)23(34)16-25-30(21,6)12-10-24-29(4,5)27(35)20(19-33)17-31(24,25)7;2-1-3/h16-17,21-22,24,26H,8-15,18H2,1-7H3;1H,(H2,2,3). The van der Waals surface area contributed by atoms with Gasteiger partial charge in [0, 0.05) is 16.7 Å². The number of fused-ring (bicyclic) bond motifs is 7. The SMILES string of the molecule is CCCC12CCC3C(C(=O)C=C4C5(C)C=C(C#N)C(=O)C(C)(C)C5CCC43C)C1CC(C)(C)CC2.NC=O. The first kappa shape index (κ1) is 28.8. The molecular weight excluding hydrogens is 472 g/mol. The zero-order valence-electron chi connectivity index (χ0n) is 24.7. The fourth-order valence-corrected chi connectivity index (χ4v) is 10.3. The summed E-state index contributed by atoms with van der Waals surface area (Å²) in [6, 6.07) is 2.21. The Morgan fingerprint density at radius 3 is 2.29 bits per heavy atom. The van der Waals surface area contributed by atoms with Crippen molar-refractivity contribution >= 4 is 18.0 Å². The minimum Gasteiger partial charge on any atom is -0.372 e. The molecule has 208 valence electrons. The number of primary amides is 1. The van der Waals surface area contributed by atoms with Gasteiger partial charge in [-0.15, -0.1) is 0 Å². The lowest BCUT2D eigenvalue weighted by Crippen LogP contribution is -2.60. The second kappa shape index (κ2) is 9.46. The maximum Gasteiger partial charge on any atom is 0.204 e. The van der Waals surface area contributed by atoms with Crippen molar-refractivity contribution < 1.29 is 14.4 Å². The van der Waals surface area contributed by atoms with Crippen molar-refractivity contribution in [3.05, 3.63) is 23.3 Å². The van der Waals surface area contributed by atoms with Gasteiger partial charge in [-0.05, 0) is 91.4 Å². The maximum absolute atomic E-state index is 14.2. The highest BCUT2D eigenvalue weighted by molar-refractivity contribution is 6.04. The Bertz CT molecular complexity index is 1120. The van der Waals surface area contributed by atoms with Crippen LogP contribution in [0.25, 0.3) is 0 Å². The van der Waals surface area contributed by atoms with Gasteiger partial charge in [0.15, 0.2) is 11.6 Å². The highest BCUT2D eigenvalue weighted by atomic mass is 16.1. The summed E-state index contributed by atoms with van der Waals surface area (Å²) < 4.78 is 0. The molecule has 0 bridgehead atoms. The summed E-state index contributed by atoms with van der Waals surface area (Å²) in [6.07, 6.45) is 14.8. The molecule has 3 saturated carbocycles. The third-order valence-corrected chi connectivity index (χ3v) is 12.0. The first-order valence-corrected chi connectivity index (χ1v) is 14.8. The minimum atomic E-state index is -0.590. The van der Waals surface area contributed by atoms with Gasteiger partial charge < -0.3 is 5.73 Å². The smallest absolute Gasteiger partial charge is 0.204 e. The lowest BCUT2D eigenvalue weighted by molar-refractivity contribution is -0.149. The molecule has 38 heavy (non-hydrogen) atoms. The third kappa shape index (κ3) is 4.04. The van der Waals surface area contributed by atoms with Crippen molar-refractivity contribution in [2.75, 3.05) is 0 Å². The van der Waals surface area contributed by atoms with Crippen LogP contribution in [0.5, 0.6) is 0 Å². The zero-order valence-corrected chi connectivity index (χ0v) is 24.7. The molecule has 0 aromatic heterocycles. The van der Waals surface area contributed by atoms with Crippen LogP contribution in [-0.4, -0.2) is 18.0 Å². The Kier molecular flexibility index (Phi) is 7.16. The number of ketones is 2. The van der Waals surface area contributed by atoms with E-state index in [1.54, 1.807) is 0 Å². The third-order valence-electron chi connectivity index (χ3n) is 12.0. The number of allylic oxidation sites excluding steroid dienone is 4. The van der Waals surface area contributed by atoms with Gasteiger partial charge >= 0.3 is 0 Å². The largest absolute Gasteiger partial charge is 0.372 e. The average Bonchev–Trinajstić information content (AvgIpc) is 2.83. The number of hydrogen-bond donors (Lipinski definition) is 1. The molecular formula is C33H48N2O3. The molecule has 1 amide bonds. The number of amides is 1. The molecule has 2 N–H and O–H groups in total. The summed E-state index contributed by atoms with van der Waals surface area (Å²) in [5, 5.41) is 9.83. The molecule has 5 nitrogen and oxygen atoms in total. The second-order valence-electron chi connectivity index (χ2n) is 14.9. The van der Waals surface area contributed by atoms with Crippen molar-refractivity contribution in [1.82, 2.24) is 0 Å². The Morgan fingerprint density at radius 1 is 1.03 bits per heavy atom. The molecule has 0 aliphatic heterocycles. The highest BCUT2D eigenvalue weighted by Gasteiger charge is 2.65. The molecule has 5 rings (SSSR count). The van der Waals surface area contributed by atoms with E-state index in [9.17, 15) is 14.9 Å². The van der Waals surface area contributed by atoms with Crippen molar-refractivity contribution in [3.63, 3.8) is 0 Å². The van der Waals surface area contributed by atoms with Crippen LogP contribution < -0.4 is 5.73 Å². The van der Waals surface area contributed by atoms with E-state index >= 15 is 0 Å². The van der Waals surface area contributed by atoms with Crippen molar-refractivity contribution in [2.45, 2.75) is 106 Å². The Labute approximate surface area is 229 Å². The van der Waals surface area contributed by atoms with E-state index in [1.165, 1.54) is 44.1 Å². The molecule has 0 heterocycles. The van der Waals surface area contributed by atoms with Gasteiger partial charge in [-0.25, -0.2) is 0 Å². The maximum atomic E-state index is 14.2. The first-order valence-electron chi connectivity index (χ1n) is 14.8. The van der Waals surface area contributed by atoms with E-state index in [1.807, 2.05) is 26.0 Å². The minimum absolute atomic E-state index is 0.0295. The molecule has 0 spiro atoms. The molecule has 5 heteroatoms. The van der Waals surface area contributed by atoms with Gasteiger partial charge in [0.1, 0.15) is 6.07 Å². The number of carbonyl (C=O) groups is 3. The Hall–Kier alpha value is -2.22. The number of nitrogens with zero attached hydrogens (tertiary/aromatic N) is 1. The summed E-state index contributed by atoms with van der Waals surface area (Å²) in [5.74, 6) is 1.41. The number of rotatable bonds is 2. The molecule has 5 aliphatic carbocycles. The highest BCUT2D eigenvalue weighted by Crippen LogP contribution is 2.70. The van der Waals surface area contributed by atoms with Crippen LogP contribution in [0.4, 0.5) is 0 Å². The van der Waals surface area contributed by atoms with E-state index in [2.05, 4.69) is 46.4 Å². The van der Waals surface area contributed by atoms with E-state index in [0.29, 0.717) is 28.4 Å². The van der Waals surface area contributed by atoms with E-state index in [0.717, 1.165) is 19.3 Å². The fourth-order valence-electron chi connectivity index (χ4n) is 10.3. The summed E-state index contributed by atoms with van der Waals surface area (Å²) >= 11 is 0. The Morgan fingerprint density at radius 2 is 1.68 bits per heavy atom. The van der Waals surface area contributed by atoms with Crippen LogP contribution in [0.1, 0.15) is 106 Å². The number of nitrogens with two attached hydrogens (primary N) is 1. The summed E-state index contributed by atoms with van der Waals surface area (Å²) in [4.78, 5) is 35.9. The molecule has 7 unspecified atom stereocenters. The van der Waals surface area contributed by atoms with E-state index in [4.69, 9.17) is 4.79 Å². The van der Waals surface area contributed by atoms with Gasteiger partial charge in [0.25, 0.3) is 0 Å². The Balaban J connectivity index is 0.00000107. The van der Waals surface area contributed by atoms with Crippen LogP contribution in [0.15, 0.2) is 23.3 Å². The lowest BCUT2D eigenvalue weighted by Gasteiger charge is -2.65.